The first-order valence-electron chi connectivity index (χ1n) is 6.03. The zero-order valence-corrected chi connectivity index (χ0v) is 10.7. The highest BCUT2D eigenvalue weighted by atomic mass is 16.5. The fraction of sp³-hybridized carbons (Fsp3) is 0.118. The van der Waals surface area contributed by atoms with E-state index in [4.69, 9.17) is 4.74 Å². The average molecular weight is 250 g/mol. The standard InChI is InChI=1S/C17H14O2/c1-14(18)16-11-9-15(10-12-16)6-5-13-19-17-7-3-2-4-8-17/h2-4,7-12H,13H2,1H3. The van der Waals surface area contributed by atoms with Crippen LogP contribution in [0.25, 0.3) is 0 Å². The summed E-state index contributed by atoms with van der Waals surface area (Å²) in [5, 5.41) is 0. The van der Waals surface area contributed by atoms with E-state index < -0.39 is 0 Å². The molecule has 0 aliphatic rings. The zero-order chi connectivity index (χ0) is 13.5. The smallest absolute Gasteiger partial charge is 0.159 e. The van der Waals surface area contributed by atoms with Crippen LogP contribution in [-0.2, 0) is 0 Å². The third-order valence-electron chi connectivity index (χ3n) is 2.58. The summed E-state index contributed by atoms with van der Waals surface area (Å²) in [6.07, 6.45) is 0. The third-order valence-corrected chi connectivity index (χ3v) is 2.58. The predicted octanol–water partition coefficient (Wildman–Crippen LogP) is 3.32. The van der Waals surface area contributed by atoms with E-state index in [1.807, 2.05) is 42.5 Å². The molecule has 94 valence electrons. The summed E-state index contributed by atoms with van der Waals surface area (Å²) in [4.78, 5) is 11.1. The molecule has 0 heterocycles. The number of Topliss-reactive ketones (excluding diaryl/α,β-unsaturated/α-hetero) is 1. The number of benzene rings is 2. The molecule has 2 rings (SSSR count). The summed E-state index contributed by atoms with van der Waals surface area (Å²) in [5.41, 5.74) is 1.58. The molecule has 0 atom stereocenters. The van der Waals surface area contributed by atoms with Gasteiger partial charge >= 0.3 is 0 Å². The molecule has 2 aromatic rings. The van der Waals surface area contributed by atoms with Crippen LogP contribution in [0.2, 0.25) is 0 Å². The van der Waals surface area contributed by atoms with Gasteiger partial charge in [0.25, 0.3) is 0 Å². The quantitative estimate of drug-likeness (QED) is 0.617. The van der Waals surface area contributed by atoms with Gasteiger partial charge in [0.2, 0.25) is 0 Å². The zero-order valence-electron chi connectivity index (χ0n) is 10.7. The van der Waals surface area contributed by atoms with Crippen LogP contribution in [-0.4, -0.2) is 12.4 Å². The number of ether oxygens (including phenoxy) is 1. The van der Waals surface area contributed by atoms with Crippen molar-refractivity contribution in [3.8, 4) is 17.6 Å². The van der Waals surface area contributed by atoms with Crippen molar-refractivity contribution in [2.24, 2.45) is 0 Å². The monoisotopic (exact) mass is 250 g/mol. The largest absolute Gasteiger partial charge is 0.481 e. The number of para-hydroxylation sites is 1. The second-order valence-electron chi connectivity index (χ2n) is 4.04. The third kappa shape index (κ3) is 4.01. The second-order valence-corrected chi connectivity index (χ2v) is 4.04. The topological polar surface area (TPSA) is 26.3 Å². The Bertz CT molecular complexity index is 601. The summed E-state index contributed by atoms with van der Waals surface area (Å²) in [6.45, 7) is 1.90. The van der Waals surface area contributed by atoms with Crippen LogP contribution in [0.3, 0.4) is 0 Å². The summed E-state index contributed by atoms with van der Waals surface area (Å²) >= 11 is 0. The van der Waals surface area contributed by atoms with E-state index in [2.05, 4.69) is 11.8 Å². The van der Waals surface area contributed by atoms with Crippen molar-refractivity contribution in [1.29, 1.82) is 0 Å². The normalized spacial score (nSPS) is 9.32. The van der Waals surface area contributed by atoms with Crippen LogP contribution in [0, 0.1) is 11.8 Å². The van der Waals surface area contributed by atoms with Gasteiger partial charge in [0.15, 0.2) is 5.78 Å². The molecule has 0 spiro atoms. The fourth-order valence-corrected chi connectivity index (χ4v) is 1.56. The van der Waals surface area contributed by atoms with Crippen molar-refractivity contribution in [1.82, 2.24) is 0 Å². The van der Waals surface area contributed by atoms with Gasteiger partial charge < -0.3 is 4.74 Å². The van der Waals surface area contributed by atoms with Crippen molar-refractivity contribution >= 4 is 5.78 Å². The molecule has 0 saturated heterocycles. The minimum absolute atomic E-state index is 0.0620. The molecular weight excluding hydrogens is 236 g/mol. The summed E-state index contributed by atoms with van der Waals surface area (Å²) in [6, 6.07) is 16.8. The molecular formula is C17H14O2. The Labute approximate surface area is 113 Å². The number of carbonyl (C=O) groups is 1. The maximum atomic E-state index is 11.1. The van der Waals surface area contributed by atoms with Crippen LogP contribution < -0.4 is 4.74 Å². The maximum absolute atomic E-state index is 11.1. The fourth-order valence-electron chi connectivity index (χ4n) is 1.56. The summed E-state index contributed by atoms with van der Waals surface area (Å²) in [7, 11) is 0. The lowest BCUT2D eigenvalue weighted by atomic mass is 10.1. The van der Waals surface area contributed by atoms with Crippen LogP contribution in [0.5, 0.6) is 5.75 Å². The number of ketones is 1. The SMILES string of the molecule is CC(=O)c1ccc(C#CCOc2ccccc2)cc1. The van der Waals surface area contributed by atoms with Gasteiger partial charge in [-0.2, -0.15) is 0 Å². The van der Waals surface area contributed by atoms with E-state index in [9.17, 15) is 4.79 Å². The predicted molar refractivity (Wildman–Crippen MR) is 75.3 cm³/mol. The maximum Gasteiger partial charge on any atom is 0.159 e. The first kappa shape index (κ1) is 12.9. The van der Waals surface area contributed by atoms with Gasteiger partial charge in [0.1, 0.15) is 12.4 Å². The molecule has 0 amide bonds. The Balaban J connectivity index is 1.91. The lowest BCUT2D eigenvalue weighted by Gasteiger charge is -1.99. The molecule has 0 radical (unpaired) electrons. The van der Waals surface area contributed by atoms with E-state index in [1.54, 1.807) is 19.1 Å². The highest BCUT2D eigenvalue weighted by molar-refractivity contribution is 5.94. The number of carbonyl (C=O) groups excluding carboxylic acids is 1. The van der Waals surface area contributed by atoms with Crippen molar-refractivity contribution in [3.63, 3.8) is 0 Å². The molecule has 0 fully saturated rings. The van der Waals surface area contributed by atoms with Crippen molar-refractivity contribution in [3.05, 3.63) is 65.7 Å². The number of hydrogen-bond acceptors (Lipinski definition) is 2. The van der Waals surface area contributed by atoms with Crippen LogP contribution >= 0.6 is 0 Å². The minimum atomic E-state index is 0.0620. The molecule has 0 aromatic heterocycles. The summed E-state index contributed by atoms with van der Waals surface area (Å²) in [5.74, 6) is 6.81. The molecule has 0 aliphatic carbocycles. The van der Waals surface area contributed by atoms with E-state index in [1.165, 1.54) is 0 Å². The van der Waals surface area contributed by atoms with Crippen LogP contribution in [0.4, 0.5) is 0 Å². The lowest BCUT2D eigenvalue weighted by molar-refractivity contribution is 0.101. The van der Waals surface area contributed by atoms with Gasteiger partial charge in [-0.3, -0.25) is 4.79 Å². The first-order valence-corrected chi connectivity index (χ1v) is 6.03. The lowest BCUT2D eigenvalue weighted by Crippen LogP contribution is -1.93. The molecule has 0 bridgehead atoms. The molecule has 2 aromatic carbocycles. The van der Waals surface area contributed by atoms with E-state index >= 15 is 0 Å². The molecule has 0 N–H and O–H groups in total. The summed E-state index contributed by atoms with van der Waals surface area (Å²) < 4.78 is 5.46. The Morgan fingerprint density at radius 2 is 1.74 bits per heavy atom. The molecule has 19 heavy (non-hydrogen) atoms. The molecule has 0 unspecified atom stereocenters. The average Bonchev–Trinajstić information content (AvgIpc) is 2.45. The van der Waals surface area contributed by atoms with Crippen LogP contribution in [0.15, 0.2) is 54.6 Å². The van der Waals surface area contributed by atoms with E-state index in [0.717, 1.165) is 11.3 Å². The van der Waals surface area contributed by atoms with Gasteiger partial charge in [-0.1, -0.05) is 42.2 Å². The Morgan fingerprint density at radius 1 is 1.05 bits per heavy atom. The number of rotatable bonds is 3. The molecule has 2 nitrogen and oxygen atoms in total. The first-order chi connectivity index (χ1) is 9.25. The van der Waals surface area contributed by atoms with Crippen LogP contribution in [0.1, 0.15) is 22.8 Å². The Kier molecular flexibility index (Phi) is 4.36. The Morgan fingerprint density at radius 3 is 2.37 bits per heavy atom. The van der Waals surface area contributed by atoms with Crippen molar-refractivity contribution < 1.29 is 9.53 Å². The minimum Gasteiger partial charge on any atom is -0.481 e. The van der Waals surface area contributed by atoms with E-state index in [0.29, 0.717) is 12.2 Å². The van der Waals surface area contributed by atoms with E-state index in [-0.39, 0.29) is 5.78 Å². The van der Waals surface area contributed by atoms with Gasteiger partial charge in [-0.15, -0.1) is 0 Å². The van der Waals surface area contributed by atoms with Gasteiger partial charge in [-0.25, -0.2) is 0 Å². The van der Waals surface area contributed by atoms with Gasteiger partial charge in [-0.05, 0) is 31.2 Å². The van der Waals surface area contributed by atoms with Gasteiger partial charge in [0, 0.05) is 11.1 Å². The second kappa shape index (κ2) is 6.42. The Hall–Kier alpha value is -2.53. The highest BCUT2D eigenvalue weighted by Crippen LogP contribution is 2.07. The van der Waals surface area contributed by atoms with Gasteiger partial charge in [0.05, 0.1) is 0 Å². The molecule has 0 aliphatic heterocycles. The van der Waals surface area contributed by atoms with Crippen molar-refractivity contribution in [2.45, 2.75) is 6.92 Å². The highest BCUT2D eigenvalue weighted by Gasteiger charge is 1.96. The molecule has 0 saturated carbocycles. The number of hydrogen-bond donors (Lipinski definition) is 0. The molecule has 2 heteroatoms. The van der Waals surface area contributed by atoms with Crippen molar-refractivity contribution in [2.75, 3.05) is 6.61 Å².